The van der Waals surface area contributed by atoms with Gasteiger partial charge in [0.05, 0.1) is 12.2 Å². The summed E-state index contributed by atoms with van der Waals surface area (Å²) in [6.07, 6.45) is 0. The van der Waals surface area contributed by atoms with Crippen LogP contribution in [0.3, 0.4) is 0 Å². The average molecular weight is 427 g/mol. The first-order valence-electron chi connectivity index (χ1n) is 8.90. The number of nitrogens with zero attached hydrogens (tertiary/aromatic N) is 2. The predicted molar refractivity (Wildman–Crippen MR) is 110 cm³/mol. The normalized spacial score (nSPS) is 12.5. The highest BCUT2D eigenvalue weighted by atomic mass is 35.5. The third kappa shape index (κ3) is 3.32. The number of carbonyl (C=O) groups is 1. The lowest BCUT2D eigenvalue weighted by atomic mass is 10.2. The van der Waals surface area contributed by atoms with E-state index in [1.54, 1.807) is 18.2 Å². The molecule has 0 saturated carbocycles. The Morgan fingerprint density at radius 3 is 2.90 bits per heavy atom. The van der Waals surface area contributed by atoms with Gasteiger partial charge in [-0.2, -0.15) is 5.10 Å². The number of aromatic nitrogens is 2. The van der Waals surface area contributed by atoms with E-state index in [0.29, 0.717) is 33.7 Å². The fourth-order valence-electron chi connectivity index (χ4n) is 3.21. The molecule has 4 aromatic rings. The molecule has 2 aromatic heterocycles. The first kappa shape index (κ1) is 18.0. The van der Waals surface area contributed by atoms with Gasteiger partial charge in [0.2, 0.25) is 6.79 Å². The Morgan fingerprint density at radius 1 is 1.21 bits per heavy atom. The fourth-order valence-corrected chi connectivity index (χ4v) is 4.44. The van der Waals surface area contributed by atoms with Gasteiger partial charge in [-0.3, -0.25) is 4.68 Å². The van der Waals surface area contributed by atoms with Gasteiger partial charge in [-0.25, -0.2) is 4.79 Å². The number of carbonyl (C=O) groups excluding carboxylic acids is 1. The maximum atomic E-state index is 12.7. The van der Waals surface area contributed by atoms with E-state index in [4.69, 9.17) is 25.8 Å². The van der Waals surface area contributed by atoms with E-state index in [1.807, 2.05) is 41.9 Å². The van der Waals surface area contributed by atoms with E-state index in [-0.39, 0.29) is 6.79 Å². The zero-order valence-corrected chi connectivity index (χ0v) is 16.9. The number of halogens is 1. The molecule has 0 unspecified atom stereocenters. The zero-order chi connectivity index (χ0) is 20.0. The smallest absolute Gasteiger partial charge is 0.353 e. The minimum absolute atomic E-state index is 0.171. The van der Waals surface area contributed by atoms with Crippen LogP contribution in [0.2, 0.25) is 5.02 Å². The number of rotatable bonds is 4. The molecule has 0 aliphatic carbocycles. The number of fused-ring (bicyclic) bond motifs is 2. The van der Waals surface area contributed by atoms with Crippen molar-refractivity contribution in [1.82, 2.24) is 9.78 Å². The molecule has 8 heteroatoms. The quantitative estimate of drug-likeness (QED) is 0.337. The maximum absolute atomic E-state index is 12.7. The summed E-state index contributed by atoms with van der Waals surface area (Å²) in [5, 5.41) is 6.21. The molecule has 0 N–H and O–H groups in total. The average Bonchev–Trinajstić information content (AvgIpc) is 3.41. The lowest BCUT2D eigenvalue weighted by molar-refractivity contribution is 0.0739. The molecule has 29 heavy (non-hydrogen) atoms. The van der Waals surface area contributed by atoms with E-state index < -0.39 is 5.97 Å². The Morgan fingerprint density at radius 2 is 2.03 bits per heavy atom. The topological polar surface area (TPSA) is 62.6 Å². The van der Waals surface area contributed by atoms with Crippen LogP contribution < -0.4 is 14.2 Å². The Balaban J connectivity index is 1.42. The van der Waals surface area contributed by atoms with Gasteiger partial charge >= 0.3 is 5.97 Å². The summed E-state index contributed by atoms with van der Waals surface area (Å²) >= 11 is 7.64. The Kier molecular flexibility index (Phi) is 4.41. The molecule has 0 radical (unpaired) electrons. The summed E-state index contributed by atoms with van der Waals surface area (Å²) in [7, 11) is 0. The number of benzene rings is 2. The van der Waals surface area contributed by atoms with E-state index in [1.165, 1.54) is 11.3 Å². The second-order valence-electron chi connectivity index (χ2n) is 6.57. The van der Waals surface area contributed by atoms with Crippen molar-refractivity contribution in [3.05, 3.63) is 69.7 Å². The third-order valence-electron chi connectivity index (χ3n) is 4.64. The van der Waals surface area contributed by atoms with Crippen LogP contribution in [0.4, 0.5) is 0 Å². The molecule has 1 aliphatic heterocycles. The largest absolute Gasteiger partial charge is 0.454 e. The lowest BCUT2D eigenvalue weighted by Gasteiger charge is -2.05. The number of hydrogen-bond acceptors (Lipinski definition) is 6. The second-order valence-corrected chi connectivity index (χ2v) is 8.01. The highest BCUT2D eigenvalue weighted by Gasteiger charge is 2.20. The van der Waals surface area contributed by atoms with Crippen molar-refractivity contribution in [2.45, 2.75) is 13.5 Å². The monoisotopic (exact) mass is 426 g/mol. The third-order valence-corrected chi connectivity index (χ3v) is 6.14. The van der Waals surface area contributed by atoms with Crippen molar-refractivity contribution >= 4 is 39.1 Å². The minimum atomic E-state index is -0.422. The molecule has 3 heterocycles. The Bertz CT molecular complexity index is 1250. The van der Waals surface area contributed by atoms with E-state index in [9.17, 15) is 4.79 Å². The van der Waals surface area contributed by atoms with E-state index in [2.05, 4.69) is 5.10 Å². The van der Waals surface area contributed by atoms with Crippen molar-refractivity contribution in [2.24, 2.45) is 0 Å². The van der Waals surface area contributed by atoms with Crippen molar-refractivity contribution in [2.75, 3.05) is 6.79 Å². The SMILES string of the molecule is Cc1nn(Cc2ccccc2Cl)c2sc(C(=O)Oc3ccc4c(c3)OCO4)cc12. The highest BCUT2D eigenvalue weighted by molar-refractivity contribution is 7.20. The van der Waals surface area contributed by atoms with Crippen LogP contribution in [0.15, 0.2) is 48.5 Å². The van der Waals surface area contributed by atoms with Crippen molar-refractivity contribution in [1.29, 1.82) is 0 Å². The van der Waals surface area contributed by atoms with Crippen LogP contribution >= 0.6 is 22.9 Å². The molecule has 1 aliphatic rings. The van der Waals surface area contributed by atoms with Crippen LogP contribution in [0.1, 0.15) is 20.9 Å². The van der Waals surface area contributed by atoms with E-state index >= 15 is 0 Å². The summed E-state index contributed by atoms with van der Waals surface area (Å²) in [6, 6.07) is 14.5. The number of thiophene rings is 1. The second kappa shape index (κ2) is 7.09. The Hall–Kier alpha value is -3.03. The number of ether oxygens (including phenoxy) is 3. The van der Waals surface area contributed by atoms with Crippen LogP contribution in [0.25, 0.3) is 10.2 Å². The summed E-state index contributed by atoms with van der Waals surface area (Å²) in [4.78, 5) is 14.1. The van der Waals surface area contributed by atoms with Crippen LogP contribution in [-0.2, 0) is 6.54 Å². The molecule has 0 amide bonds. The minimum Gasteiger partial charge on any atom is -0.454 e. The molecule has 0 fully saturated rings. The zero-order valence-electron chi connectivity index (χ0n) is 15.3. The van der Waals surface area contributed by atoms with Gasteiger partial charge < -0.3 is 14.2 Å². The van der Waals surface area contributed by atoms with Crippen molar-refractivity contribution in [3.63, 3.8) is 0 Å². The molecule has 6 nitrogen and oxygen atoms in total. The number of hydrogen-bond donors (Lipinski definition) is 0. The predicted octanol–water partition coefficient (Wildman–Crippen LogP) is 5.06. The van der Waals surface area contributed by atoms with Crippen molar-refractivity contribution < 1.29 is 19.0 Å². The molecule has 2 aromatic carbocycles. The standard InChI is InChI=1S/C21H15ClN2O4S/c1-12-15-9-19(21(25)28-14-6-7-17-18(8-14)27-11-26-17)29-20(15)24(23-12)10-13-4-2-3-5-16(13)22/h2-9H,10-11H2,1H3. The molecule has 0 spiro atoms. The number of esters is 1. The van der Waals surface area contributed by atoms with Crippen LogP contribution in [0.5, 0.6) is 17.2 Å². The highest BCUT2D eigenvalue weighted by Crippen LogP contribution is 2.36. The first-order chi connectivity index (χ1) is 14.1. The summed E-state index contributed by atoms with van der Waals surface area (Å²) in [5.74, 6) is 1.19. The fraction of sp³-hybridized carbons (Fsp3) is 0.143. The molecular formula is C21H15ClN2O4S. The van der Waals surface area contributed by atoms with Crippen molar-refractivity contribution in [3.8, 4) is 17.2 Å². The maximum Gasteiger partial charge on any atom is 0.353 e. The van der Waals surface area contributed by atoms with E-state index in [0.717, 1.165) is 21.5 Å². The number of aryl methyl sites for hydroxylation is 1. The first-order valence-corrected chi connectivity index (χ1v) is 10.1. The summed E-state index contributed by atoms with van der Waals surface area (Å²) in [6.45, 7) is 2.62. The molecule has 0 bridgehead atoms. The van der Waals surface area contributed by atoms with Gasteiger partial charge in [-0.1, -0.05) is 29.8 Å². The van der Waals surface area contributed by atoms with Gasteiger partial charge in [0, 0.05) is 16.5 Å². The lowest BCUT2D eigenvalue weighted by Crippen LogP contribution is -2.06. The molecule has 146 valence electrons. The molecular weight excluding hydrogens is 412 g/mol. The Labute approximate surface area is 175 Å². The van der Waals surface area contributed by atoms with Gasteiger partial charge in [0.15, 0.2) is 11.5 Å². The van der Waals surface area contributed by atoms with Crippen LogP contribution in [-0.4, -0.2) is 22.5 Å². The molecule has 5 rings (SSSR count). The summed E-state index contributed by atoms with van der Waals surface area (Å²) < 4.78 is 18.0. The van der Waals surface area contributed by atoms with Gasteiger partial charge in [0.1, 0.15) is 15.5 Å². The molecule has 0 saturated heterocycles. The molecule has 0 atom stereocenters. The van der Waals surface area contributed by atoms with Gasteiger partial charge in [-0.15, -0.1) is 11.3 Å². The van der Waals surface area contributed by atoms with Gasteiger partial charge in [0.25, 0.3) is 0 Å². The van der Waals surface area contributed by atoms with Crippen LogP contribution in [0, 0.1) is 6.92 Å². The van der Waals surface area contributed by atoms with Gasteiger partial charge in [-0.05, 0) is 36.8 Å². The summed E-state index contributed by atoms with van der Waals surface area (Å²) in [5.41, 5.74) is 1.82.